The highest BCUT2D eigenvalue weighted by atomic mass is 16.6. The fraction of sp³-hybridized carbons (Fsp3) is 0.550. The van der Waals surface area contributed by atoms with Gasteiger partial charge in [-0.15, -0.1) is 0 Å². The summed E-state index contributed by atoms with van der Waals surface area (Å²) in [4.78, 5) is 11.7. The van der Waals surface area contributed by atoms with Crippen LogP contribution in [0.15, 0.2) is 24.3 Å². The maximum Gasteiger partial charge on any atom is 0.330 e. The lowest BCUT2D eigenvalue weighted by Crippen LogP contribution is -2.14. The number of aliphatic hydroxyl groups excluding tert-OH is 1. The van der Waals surface area contributed by atoms with E-state index in [2.05, 4.69) is 0 Å². The molecule has 0 bridgehead atoms. The van der Waals surface area contributed by atoms with Gasteiger partial charge in [0.1, 0.15) is 6.61 Å². The number of aliphatic hydroxyl groups is 1. The Morgan fingerprint density at radius 2 is 1.45 bits per heavy atom. The van der Waals surface area contributed by atoms with Gasteiger partial charge < -0.3 is 38.6 Å². The number of esters is 1. The van der Waals surface area contributed by atoms with Gasteiger partial charge in [0, 0.05) is 6.08 Å². The molecule has 1 aromatic rings. The molecule has 0 unspecified atom stereocenters. The molecule has 1 aromatic carbocycles. The summed E-state index contributed by atoms with van der Waals surface area (Å²) >= 11 is 0. The highest BCUT2D eigenvalue weighted by Crippen LogP contribution is 2.26. The number of benzene rings is 1. The zero-order valence-electron chi connectivity index (χ0n) is 16.7. The summed E-state index contributed by atoms with van der Waals surface area (Å²) in [6, 6.07) is 4.75. The van der Waals surface area contributed by atoms with Crippen LogP contribution in [0.2, 0.25) is 0 Å². The molecule has 9 nitrogen and oxygen atoms in total. The van der Waals surface area contributed by atoms with Crippen molar-refractivity contribution in [1.29, 1.82) is 0 Å². The molecule has 0 saturated heterocycles. The van der Waals surface area contributed by atoms with Gasteiger partial charge in [-0.2, -0.15) is 0 Å². The van der Waals surface area contributed by atoms with E-state index in [0.717, 1.165) is 0 Å². The minimum Gasteiger partial charge on any atom is -0.504 e. The van der Waals surface area contributed by atoms with E-state index in [1.165, 1.54) is 19.3 Å². The van der Waals surface area contributed by atoms with Crippen LogP contribution in [-0.4, -0.2) is 89.4 Å². The molecule has 1 rings (SSSR count). The lowest BCUT2D eigenvalue weighted by Gasteiger charge is -2.07. The fourth-order valence-electron chi connectivity index (χ4n) is 2.04. The van der Waals surface area contributed by atoms with E-state index in [0.29, 0.717) is 57.6 Å². The van der Waals surface area contributed by atoms with Crippen molar-refractivity contribution in [2.45, 2.75) is 0 Å². The predicted molar refractivity (Wildman–Crippen MR) is 105 cm³/mol. The maximum absolute atomic E-state index is 11.7. The first kappa shape index (κ1) is 24.9. The van der Waals surface area contributed by atoms with Gasteiger partial charge >= 0.3 is 5.97 Å². The number of aromatic hydroxyl groups is 1. The molecular weight excluding hydrogens is 384 g/mol. The highest BCUT2D eigenvalue weighted by Gasteiger charge is 2.02. The Morgan fingerprint density at radius 3 is 2.00 bits per heavy atom. The molecule has 0 atom stereocenters. The second kappa shape index (κ2) is 16.8. The number of carbonyl (C=O) groups is 1. The molecule has 0 aliphatic heterocycles. The molecule has 0 aliphatic carbocycles. The molecule has 0 spiro atoms. The van der Waals surface area contributed by atoms with E-state index in [1.807, 2.05) is 0 Å². The van der Waals surface area contributed by atoms with Crippen LogP contribution in [0.25, 0.3) is 6.08 Å². The predicted octanol–water partition coefficient (Wildman–Crippen LogP) is 1.02. The van der Waals surface area contributed by atoms with Gasteiger partial charge in [0.15, 0.2) is 11.5 Å². The first-order valence-electron chi connectivity index (χ1n) is 9.31. The fourth-order valence-corrected chi connectivity index (χ4v) is 2.04. The third-order valence-electron chi connectivity index (χ3n) is 3.44. The van der Waals surface area contributed by atoms with Gasteiger partial charge in [-0.05, 0) is 23.8 Å². The van der Waals surface area contributed by atoms with Crippen LogP contribution in [0.3, 0.4) is 0 Å². The van der Waals surface area contributed by atoms with E-state index < -0.39 is 5.97 Å². The molecule has 0 fully saturated rings. The molecule has 9 heteroatoms. The number of phenolic OH excluding ortho intramolecular Hbond substituents is 1. The summed E-state index contributed by atoms with van der Waals surface area (Å²) in [5.74, 6) is -0.128. The average Bonchev–Trinajstić information content (AvgIpc) is 2.73. The molecule has 0 amide bonds. The Hall–Kier alpha value is -2.17. The second-order valence-corrected chi connectivity index (χ2v) is 5.61. The number of rotatable bonds is 17. The number of ether oxygens (including phenoxy) is 6. The summed E-state index contributed by atoms with van der Waals surface area (Å²) in [5, 5.41) is 18.1. The van der Waals surface area contributed by atoms with E-state index in [4.69, 9.17) is 33.5 Å². The summed E-state index contributed by atoms with van der Waals surface area (Å²) in [7, 11) is 1.45. The molecule has 2 N–H and O–H groups in total. The number of hydrogen-bond donors (Lipinski definition) is 2. The van der Waals surface area contributed by atoms with Crippen molar-refractivity contribution >= 4 is 12.0 Å². The molecule has 0 aromatic heterocycles. The third kappa shape index (κ3) is 12.8. The molecule has 0 saturated carbocycles. The highest BCUT2D eigenvalue weighted by molar-refractivity contribution is 5.87. The monoisotopic (exact) mass is 414 g/mol. The molecule has 0 radical (unpaired) electrons. The smallest absolute Gasteiger partial charge is 0.330 e. The van der Waals surface area contributed by atoms with Gasteiger partial charge in [-0.1, -0.05) is 6.07 Å². The maximum atomic E-state index is 11.7. The normalized spacial score (nSPS) is 11.1. The Bertz CT molecular complexity index is 589. The zero-order chi connectivity index (χ0) is 21.2. The minimum absolute atomic E-state index is 0.00840. The zero-order valence-corrected chi connectivity index (χ0v) is 16.7. The lowest BCUT2D eigenvalue weighted by molar-refractivity contribution is -0.139. The van der Waals surface area contributed by atoms with Gasteiger partial charge in [-0.25, -0.2) is 4.79 Å². The van der Waals surface area contributed by atoms with Gasteiger partial charge in [0.2, 0.25) is 0 Å². The number of phenols is 1. The Balaban J connectivity index is 1.96. The Morgan fingerprint density at radius 1 is 0.897 bits per heavy atom. The molecule has 164 valence electrons. The minimum atomic E-state index is -0.489. The molecule has 0 aliphatic rings. The number of carbonyl (C=O) groups excluding carboxylic acids is 1. The third-order valence-corrected chi connectivity index (χ3v) is 3.44. The van der Waals surface area contributed by atoms with Crippen molar-refractivity contribution in [3.8, 4) is 11.5 Å². The summed E-state index contributed by atoms with van der Waals surface area (Å²) in [5.41, 5.74) is 0.701. The number of methoxy groups -OCH3 is 1. The first-order chi connectivity index (χ1) is 14.2. The quantitative estimate of drug-likeness (QED) is 0.219. The Kier molecular flexibility index (Phi) is 14.4. The van der Waals surface area contributed by atoms with Crippen molar-refractivity contribution in [2.24, 2.45) is 0 Å². The summed E-state index contributed by atoms with van der Waals surface area (Å²) in [6.07, 6.45) is 2.86. The van der Waals surface area contributed by atoms with Crippen LogP contribution in [0, 0.1) is 0 Å². The van der Waals surface area contributed by atoms with Crippen molar-refractivity contribution in [3.63, 3.8) is 0 Å². The van der Waals surface area contributed by atoms with Crippen LogP contribution in [-0.2, 0) is 28.5 Å². The van der Waals surface area contributed by atoms with Crippen molar-refractivity contribution in [3.05, 3.63) is 29.8 Å². The largest absolute Gasteiger partial charge is 0.504 e. The first-order valence-corrected chi connectivity index (χ1v) is 9.31. The Labute approximate surface area is 170 Å². The van der Waals surface area contributed by atoms with Gasteiger partial charge in [-0.3, -0.25) is 0 Å². The van der Waals surface area contributed by atoms with Crippen molar-refractivity contribution in [1.82, 2.24) is 0 Å². The van der Waals surface area contributed by atoms with Crippen LogP contribution in [0.4, 0.5) is 0 Å². The summed E-state index contributed by atoms with van der Waals surface area (Å²) < 4.78 is 31.0. The van der Waals surface area contributed by atoms with Crippen LogP contribution < -0.4 is 4.74 Å². The van der Waals surface area contributed by atoms with E-state index in [1.54, 1.807) is 18.2 Å². The standard InChI is InChI=1S/C20H30O9/c1-24-19-16-17(2-4-18(19)22)3-5-20(23)29-15-14-28-13-12-27-11-10-26-9-8-25-7-6-21/h2-5,16,21-22H,6-15H2,1H3/b5-3+. The van der Waals surface area contributed by atoms with Gasteiger partial charge in [0.05, 0.1) is 66.6 Å². The van der Waals surface area contributed by atoms with Crippen LogP contribution in [0.5, 0.6) is 11.5 Å². The second-order valence-electron chi connectivity index (χ2n) is 5.61. The summed E-state index contributed by atoms with van der Waals surface area (Å²) in [6.45, 7) is 3.35. The van der Waals surface area contributed by atoms with Crippen LogP contribution in [0.1, 0.15) is 5.56 Å². The molecule has 0 heterocycles. The SMILES string of the molecule is COc1cc(/C=C/C(=O)OCCOCCOCCOCCOCCO)ccc1O. The van der Waals surface area contributed by atoms with E-state index in [9.17, 15) is 9.90 Å². The average molecular weight is 414 g/mol. The van der Waals surface area contributed by atoms with E-state index >= 15 is 0 Å². The van der Waals surface area contributed by atoms with Gasteiger partial charge in [0.25, 0.3) is 0 Å². The lowest BCUT2D eigenvalue weighted by atomic mass is 10.2. The van der Waals surface area contributed by atoms with E-state index in [-0.39, 0.29) is 25.6 Å². The number of hydrogen-bond acceptors (Lipinski definition) is 9. The molecule has 29 heavy (non-hydrogen) atoms. The topological polar surface area (TPSA) is 113 Å². The molecular formula is C20H30O9. The van der Waals surface area contributed by atoms with Crippen molar-refractivity contribution in [2.75, 3.05) is 73.2 Å². The van der Waals surface area contributed by atoms with Crippen LogP contribution >= 0.6 is 0 Å². The van der Waals surface area contributed by atoms with Crippen molar-refractivity contribution < 1.29 is 43.4 Å².